The molecule has 10 heteroatoms. The third-order valence-electron chi connectivity index (χ3n) is 6.85. The van der Waals surface area contributed by atoms with E-state index < -0.39 is 17.6 Å². The second kappa shape index (κ2) is 11.3. The van der Waals surface area contributed by atoms with E-state index in [4.69, 9.17) is 27.9 Å². The van der Waals surface area contributed by atoms with Gasteiger partial charge in [0.05, 0.1) is 13.1 Å². The van der Waals surface area contributed by atoms with Crippen molar-refractivity contribution in [3.05, 3.63) is 117 Å². The first kappa shape index (κ1) is 27.6. The lowest BCUT2D eigenvalue weighted by Gasteiger charge is -2.39. The number of carbonyl (C=O) groups is 2. The van der Waals surface area contributed by atoms with Crippen LogP contribution in [0.1, 0.15) is 28.1 Å². The monoisotopic (exact) mass is 576 g/mol. The lowest BCUT2D eigenvalue weighted by molar-refractivity contribution is -0.149. The molecular formula is C30H26Cl2N4O4. The molecule has 0 bridgehead atoms. The Kier molecular flexibility index (Phi) is 7.76. The number of carbonyl (C=O) groups excluding carboxylic acids is 1. The second-order valence-electron chi connectivity index (χ2n) is 9.49. The van der Waals surface area contributed by atoms with Gasteiger partial charge in [0.2, 0.25) is 12.0 Å². The van der Waals surface area contributed by atoms with E-state index in [9.17, 15) is 14.7 Å². The molecule has 204 valence electrons. The maximum Gasteiger partial charge on any atom is 0.347 e. The van der Waals surface area contributed by atoms with Gasteiger partial charge in [0.15, 0.2) is 0 Å². The molecule has 0 saturated carbocycles. The summed E-state index contributed by atoms with van der Waals surface area (Å²) in [6, 6.07) is 23.0. The van der Waals surface area contributed by atoms with Gasteiger partial charge >= 0.3 is 12.0 Å². The number of aryl methyl sites for hydroxylation is 2. The normalized spacial score (nSPS) is 17.6. The molecule has 0 saturated heterocycles. The number of hydrogen-bond donors (Lipinski definition) is 2. The molecular weight excluding hydrogens is 551 g/mol. The fraction of sp³-hybridized carbons (Fsp3) is 0.200. The third kappa shape index (κ3) is 5.13. The number of fused-ring (bicyclic) bond motifs is 1. The molecule has 0 fully saturated rings. The summed E-state index contributed by atoms with van der Waals surface area (Å²) in [5, 5.41) is 14.8. The zero-order chi connectivity index (χ0) is 28.4. The van der Waals surface area contributed by atoms with Crippen molar-refractivity contribution >= 4 is 40.8 Å². The number of ether oxygens (including phenoxy) is 1. The highest BCUT2D eigenvalue weighted by Crippen LogP contribution is 2.43. The first-order valence-electron chi connectivity index (χ1n) is 12.6. The second-order valence-corrected chi connectivity index (χ2v) is 10.3. The number of benzene rings is 3. The molecule has 1 amide bonds. The van der Waals surface area contributed by atoms with Crippen LogP contribution in [0.4, 0.5) is 5.69 Å². The van der Waals surface area contributed by atoms with Crippen molar-refractivity contribution in [2.45, 2.75) is 32.0 Å². The predicted molar refractivity (Wildman–Crippen MR) is 153 cm³/mol. The van der Waals surface area contributed by atoms with Gasteiger partial charge in [-0.15, -0.1) is 0 Å². The van der Waals surface area contributed by atoms with Gasteiger partial charge in [0.1, 0.15) is 5.54 Å². The highest BCUT2D eigenvalue weighted by molar-refractivity contribution is 6.36. The van der Waals surface area contributed by atoms with Crippen LogP contribution < -0.4 is 15.0 Å². The molecule has 4 aromatic rings. The van der Waals surface area contributed by atoms with Gasteiger partial charge in [0.25, 0.3) is 0 Å². The summed E-state index contributed by atoms with van der Waals surface area (Å²) >= 11 is 12.9. The van der Waals surface area contributed by atoms with Crippen molar-refractivity contribution in [2.75, 3.05) is 11.4 Å². The van der Waals surface area contributed by atoms with Crippen LogP contribution in [-0.2, 0) is 21.7 Å². The number of aromatic nitrogens is 2. The largest absolute Gasteiger partial charge is 0.478 e. The minimum atomic E-state index is -1.56. The lowest BCUT2D eigenvalue weighted by Crippen LogP contribution is -2.58. The lowest BCUT2D eigenvalue weighted by atomic mass is 9.77. The maximum atomic E-state index is 13.7. The fourth-order valence-electron chi connectivity index (χ4n) is 5.12. The minimum Gasteiger partial charge on any atom is -0.478 e. The Morgan fingerprint density at radius 2 is 1.62 bits per heavy atom. The molecule has 0 aliphatic carbocycles. The van der Waals surface area contributed by atoms with Crippen molar-refractivity contribution < 1.29 is 19.4 Å². The Morgan fingerprint density at radius 3 is 2.27 bits per heavy atom. The molecule has 2 N–H and O–H groups in total. The minimum absolute atomic E-state index is 0.0743. The molecule has 0 spiro atoms. The Morgan fingerprint density at radius 1 is 1.00 bits per heavy atom. The zero-order valence-electron chi connectivity index (χ0n) is 21.8. The van der Waals surface area contributed by atoms with E-state index in [-0.39, 0.29) is 25.0 Å². The van der Waals surface area contributed by atoms with E-state index in [1.165, 1.54) is 0 Å². The smallest absolute Gasteiger partial charge is 0.347 e. The number of halogens is 2. The molecule has 1 aliphatic rings. The van der Waals surface area contributed by atoms with Crippen molar-refractivity contribution in [2.24, 2.45) is 0 Å². The number of nitrogens with zero attached hydrogens (tertiary/aromatic N) is 3. The van der Waals surface area contributed by atoms with Crippen LogP contribution in [0.3, 0.4) is 0 Å². The number of para-hydroxylation sites is 1. The Balaban J connectivity index is 1.73. The number of aliphatic carboxylic acids is 1. The van der Waals surface area contributed by atoms with Crippen molar-refractivity contribution in [1.82, 2.24) is 15.3 Å². The van der Waals surface area contributed by atoms with Gasteiger partial charge in [0, 0.05) is 38.2 Å². The number of nitrogens with one attached hydrogen (secondary N) is 1. The summed E-state index contributed by atoms with van der Waals surface area (Å²) in [4.78, 5) is 37.0. The number of carboxylic acid groups (broad SMARTS) is 1. The molecule has 2 heterocycles. The Labute approximate surface area is 241 Å². The number of hydrogen-bond acceptors (Lipinski definition) is 6. The van der Waals surface area contributed by atoms with Crippen LogP contribution >= 0.6 is 23.2 Å². The average molecular weight is 577 g/mol. The predicted octanol–water partition coefficient (Wildman–Crippen LogP) is 5.31. The van der Waals surface area contributed by atoms with Gasteiger partial charge in [-0.3, -0.25) is 10.1 Å². The fourth-order valence-corrected chi connectivity index (χ4v) is 5.63. The van der Waals surface area contributed by atoms with Gasteiger partial charge in [-0.2, -0.15) is 0 Å². The number of anilines is 1. The molecule has 8 nitrogen and oxygen atoms in total. The molecule has 5 rings (SSSR count). The quantitative estimate of drug-likeness (QED) is 0.307. The van der Waals surface area contributed by atoms with E-state index >= 15 is 0 Å². The maximum absolute atomic E-state index is 13.7. The molecule has 0 radical (unpaired) electrons. The number of amides is 1. The summed E-state index contributed by atoms with van der Waals surface area (Å²) in [6.45, 7) is 3.44. The van der Waals surface area contributed by atoms with Gasteiger partial charge in [-0.25, -0.2) is 14.8 Å². The molecule has 3 aromatic carbocycles. The summed E-state index contributed by atoms with van der Waals surface area (Å²) in [5.41, 5.74) is 1.93. The van der Waals surface area contributed by atoms with E-state index in [0.29, 0.717) is 43.8 Å². The van der Waals surface area contributed by atoms with E-state index in [2.05, 4.69) is 15.3 Å². The number of rotatable bonds is 7. The first-order chi connectivity index (χ1) is 19.2. The summed E-state index contributed by atoms with van der Waals surface area (Å²) in [5.74, 6) is -1.56. The summed E-state index contributed by atoms with van der Waals surface area (Å²) in [6.07, 6.45) is -1.56. The number of carboxylic acids is 1. The SMILES string of the molecule is Cc1cc(C)nc(OC(C(=O)O)C2(c3ccccc3)NCC(=O)N(Cc3c(Cl)cccc3Cl)c3ccccc32)n1. The first-order valence-corrected chi connectivity index (χ1v) is 13.3. The van der Waals surface area contributed by atoms with E-state index in [1.807, 2.05) is 18.2 Å². The van der Waals surface area contributed by atoms with Crippen LogP contribution in [0.25, 0.3) is 0 Å². The van der Waals surface area contributed by atoms with E-state index in [1.54, 1.807) is 79.4 Å². The molecule has 1 aromatic heterocycles. The van der Waals surface area contributed by atoms with Crippen molar-refractivity contribution in [3.63, 3.8) is 0 Å². The summed E-state index contributed by atoms with van der Waals surface area (Å²) < 4.78 is 6.12. The summed E-state index contributed by atoms with van der Waals surface area (Å²) in [7, 11) is 0. The third-order valence-corrected chi connectivity index (χ3v) is 7.56. The van der Waals surface area contributed by atoms with Crippen molar-refractivity contribution in [3.8, 4) is 6.01 Å². The Bertz CT molecular complexity index is 1540. The topological polar surface area (TPSA) is 105 Å². The van der Waals surface area contributed by atoms with Crippen LogP contribution in [-0.4, -0.2) is 39.6 Å². The Hall–Kier alpha value is -3.98. The van der Waals surface area contributed by atoms with Crippen molar-refractivity contribution in [1.29, 1.82) is 0 Å². The molecule has 1 aliphatic heterocycles. The zero-order valence-corrected chi connectivity index (χ0v) is 23.3. The van der Waals surface area contributed by atoms with E-state index in [0.717, 1.165) is 0 Å². The van der Waals surface area contributed by atoms with Crippen LogP contribution in [0.5, 0.6) is 6.01 Å². The highest BCUT2D eigenvalue weighted by Gasteiger charge is 2.52. The van der Waals surface area contributed by atoms with Crippen LogP contribution in [0, 0.1) is 13.8 Å². The molecule has 2 unspecified atom stereocenters. The molecule has 40 heavy (non-hydrogen) atoms. The standard InChI is InChI=1S/C30H26Cl2N4O4/c1-18-15-19(2)35-29(34-18)40-27(28(38)39)30(20-9-4-3-5-10-20)22-11-6-7-14-25(22)36(26(37)16-33-30)17-21-23(31)12-8-13-24(21)32/h3-15,27,33H,16-17H2,1-2H3,(H,38,39). The highest BCUT2D eigenvalue weighted by atomic mass is 35.5. The average Bonchev–Trinajstić information content (AvgIpc) is 3.04. The van der Waals surface area contributed by atoms with Gasteiger partial charge < -0.3 is 14.7 Å². The van der Waals surface area contributed by atoms with Gasteiger partial charge in [-0.05, 0) is 43.7 Å². The van der Waals surface area contributed by atoms with Gasteiger partial charge in [-0.1, -0.05) is 77.8 Å². The van der Waals surface area contributed by atoms with Crippen LogP contribution in [0.2, 0.25) is 10.0 Å². The van der Waals surface area contributed by atoms with Crippen LogP contribution in [0.15, 0.2) is 78.9 Å². The molecule has 2 atom stereocenters.